The molecule has 0 saturated carbocycles. The van der Waals surface area contributed by atoms with Crippen molar-refractivity contribution in [2.45, 2.75) is 13.2 Å². The zero-order valence-corrected chi connectivity index (χ0v) is 18.8. The molecular weight excluding hydrogens is 461 g/mol. The van der Waals surface area contributed by atoms with Crippen LogP contribution in [-0.4, -0.2) is 18.0 Å². The molecule has 0 bridgehead atoms. The molecule has 0 aliphatic rings. The highest BCUT2D eigenvalue weighted by Gasteiger charge is 2.07. The second-order valence-corrected chi connectivity index (χ2v) is 7.38. The number of non-ortho nitro benzene ring substituents is 1. The molecule has 3 aromatic rings. The van der Waals surface area contributed by atoms with Crippen molar-refractivity contribution < 1.29 is 9.66 Å². The van der Waals surface area contributed by atoms with Crippen molar-refractivity contribution in [2.24, 2.45) is 0 Å². The number of rotatable bonds is 10. The van der Waals surface area contributed by atoms with Gasteiger partial charge in [-0.05, 0) is 30.3 Å². The lowest BCUT2D eigenvalue weighted by Gasteiger charge is -2.13. The fourth-order valence-corrected chi connectivity index (χ4v) is 3.27. The molecular formula is C22H22Cl3N3O3. The van der Waals surface area contributed by atoms with Gasteiger partial charge in [0.15, 0.2) is 0 Å². The highest BCUT2D eigenvalue weighted by atomic mass is 35.5. The molecule has 0 amide bonds. The van der Waals surface area contributed by atoms with Crippen LogP contribution in [0.15, 0.2) is 66.7 Å². The summed E-state index contributed by atoms with van der Waals surface area (Å²) in [5.41, 5.74) is 2.83. The third kappa shape index (κ3) is 7.60. The van der Waals surface area contributed by atoms with E-state index in [0.29, 0.717) is 36.3 Å². The van der Waals surface area contributed by atoms with Crippen molar-refractivity contribution in [3.63, 3.8) is 0 Å². The molecule has 0 fully saturated rings. The summed E-state index contributed by atoms with van der Waals surface area (Å²) in [4.78, 5) is 10.3. The lowest BCUT2D eigenvalue weighted by atomic mass is 10.2. The average molecular weight is 483 g/mol. The number of nitrogens with zero attached hydrogens (tertiary/aromatic N) is 1. The third-order valence-corrected chi connectivity index (χ3v) is 4.98. The monoisotopic (exact) mass is 481 g/mol. The van der Waals surface area contributed by atoms with E-state index in [-0.39, 0.29) is 18.1 Å². The topological polar surface area (TPSA) is 76.4 Å². The van der Waals surface area contributed by atoms with Crippen LogP contribution >= 0.6 is 35.6 Å². The van der Waals surface area contributed by atoms with E-state index in [1.165, 1.54) is 12.1 Å². The summed E-state index contributed by atoms with van der Waals surface area (Å²) in [6.07, 6.45) is 0. The summed E-state index contributed by atoms with van der Waals surface area (Å²) in [7, 11) is 0. The predicted molar refractivity (Wildman–Crippen MR) is 128 cm³/mol. The first kappa shape index (κ1) is 24.8. The van der Waals surface area contributed by atoms with Crippen molar-refractivity contribution in [1.82, 2.24) is 5.32 Å². The van der Waals surface area contributed by atoms with Gasteiger partial charge in [-0.3, -0.25) is 10.1 Å². The number of nitro benzene ring substituents is 1. The van der Waals surface area contributed by atoms with Crippen LogP contribution in [0.25, 0.3) is 0 Å². The van der Waals surface area contributed by atoms with Crippen LogP contribution in [0, 0.1) is 10.1 Å². The van der Waals surface area contributed by atoms with Gasteiger partial charge in [0.2, 0.25) is 0 Å². The van der Waals surface area contributed by atoms with E-state index in [4.69, 9.17) is 27.9 Å². The van der Waals surface area contributed by atoms with Gasteiger partial charge in [0.25, 0.3) is 5.69 Å². The first-order valence-electron chi connectivity index (χ1n) is 9.36. The summed E-state index contributed by atoms with van der Waals surface area (Å²) in [5, 5.41) is 18.4. The maximum Gasteiger partial charge on any atom is 0.269 e. The standard InChI is InChI=1S/C22H21Cl2N3O3.ClH/c23-18-6-5-17(21(24)13-18)15-30-22-4-2-1-3-16(22)14-25-11-12-26-19-7-9-20(10-8-19)27(28)29;/h1-10,13,25-26H,11-12,14-15H2;1H. The Kier molecular flexibility index (Phi) is 9.88. The zero-order valence-electron chi connectivity index (χ0n) is 16.5. The molecule has 3 rings (SSSR count). The number of nitro groups is 1. The number of nitrogens with one attached hydrogen (secondary N) is 2. The van der Waals surface area contributed by atoms with Crippen LogP contribution in [0.3, 0.4) is 0 Å². The Morgan fingerprint density at radius 2 is 1.68 bits per heavy atom. The van der Waals surface area contributed by atoms with Gasteiger partial charge in [-0.2, -0.15) is 0 Å². The number of hydrogen-bond acceptors (Lipinski definition) is 5. The zero-order chi connectivity index (χ0) is 21.3. The van der Waals surface area contributed by atoms with Crippen molar-refractivity contribution >= 4 is 47.0 Å². The molecule has 3 aromatic carbocycles. The van der Waals surface area contributed by atoms with Gasteiger partial charge in [0, 0.05) is 58.6 Å². The largest absolute Gasteiger partial charge is 0.489 e. The van der Waals surface area contributed by atoms with Gasteiger partial charge >= 0.3 is 0 Å². The number of anilines is 1. The Morgan fingerprint density at radius 3 is 2.39 bits per heavy atom. The molecule has 0 atom stereocenters. The summed E-state index contributed by atoms with van der Waals surface area (Å²) in [6.45, 7) is 2.40. The smallest absolute Gasteiger partial charge is 0.269 e. The minimum Gasteiger partial charge on any atom is -0.489 e. The second-order valence-electron chi connectivity index (χ2n) is 6.54. The molecule has 0 saturated heterocycles. The molecule has 9 heteroatoms. The Morgan fingerprint density at radius 1 is 0.935 bits per heavy atom. The van der Waals surface area contributed by atoms with Gasteiger partial charge < -0.3 is 15.4 Å². The lowest BCUT2D eigenvalue weighted by Crippen LogP contribution is -2.22. The van der Waals surface area contributed by atoms with E-state index in [1.54, 1.807) is 24.3 Å². The van der Waals surface area contributed by atoms with Crippen LogP contribution in [0.4, 0.5) is 11.4 Å². The third-order valence-electron chi connectivity index (χ3n) is 4.40. The van der Waals surface area contributed by atoms with E-state index in [1.807, 2.05) is 30.3 Å². The van der Waals surface area contributed by atoms with Gasteiger partial charge in [-0.25, -0.2) is 0 Å². The minimum atomic E-state index is -0.411. The van der Waals surface area contributed by atoms with Gasteiger partial charge in [-0.1, -0.05) is 47.5 Å². The van der Waals surface area contributed by atoms with Crippen LogP contribution in [0.2, 0.25) is 10.0 Å². The molecule has 0 aliphatic heterocycles. The Labute approximate surface area is 197 Å². The van der Waals surface area contributed by atoms with E-state index < -0.39 is 4.92 Å². The Hall–Kier alpha value is -2.51. The van der Waals surface area contributed by atoms with E-state index in [2.05, 4.69) is 10.6 Å². The van der Waals surface area contributed by atoms with Crippen LogP contribution in [0.5, 0.6) is 5.75 Å². The Bertz CT molecular complexity index is 1000. The highest BCUT2D eigenvalue weighted by Crippen LogP contribution is 2.24. The number of para-hydroxylation sites is 1. The van der Waals surface area contributed by atoms with E-state index in [9.17, 15) is 10.1 Å². The molecule has 6 nitrogen and oxygen atoms in total. The second kappa shape index (κ2) is 12.4. The maximum atomic E-state index is 10.7. The normalized spacial score (nSPS) is 10.3. The fourth-order valence-electron chi connectivity index (χ4n) is 2.80. The molecule has 0 aliphatic carbocycles. The summed E-state index contributed by atoms with van der Waals surface area (Å²) < 4.78 is 5.96. The molecule has 0 aromatic heterocycles. The van der Waals surface area contributed by atoms with Crippen molar-refractivity contribution in [1.29, 1.82) is 0 Å². The summed E-state index contributed by atoms with van der Waals surface area (Å²) in [5.74, 6) is 0.791. The van der Waals surface area contributed by atoms with Crippen molar-refractivity contribution in [3.8, 4) is 5.75 Å². The average Bonchev–Trinajstić information content (AvgIpc) is 2.74. The van der Waals surface area contributed by atoms with Crippen LogP contribution in [-0.2, 0) is 13.2 Å². The fraction of sp³-hybridized carbons (Fsp3) is 0.182. The Balaban J connectivity index is 0.00000341. The van der Waals surface area contributed by atoms with Gasteiger partial charge in [0.1, 0.15) is 12.4 Å². The van der Waals surface area contributed by atoms with Gasteiger partial charge in [0.05, 0.1) is 4.92 Å². The lowest BCUT2D eigenvalue weighted by molar-refractivity contribution is -0.384. The van der Waals surface area contributed by atoms with Crippen LogP contribution < -0.4 is 15.4 Å². The molecule has 31 heavy (non-hydrogen) atoms. The van der Waals surface area contributed by atoms with Gasteiger partial charge in [-0.15, -0.1) is 12.4 Å². The molecule has 0 spiro atoms. The quantitative estimate of drug-likeness (QED) is 0.207. The maximum absolute atomic E-state index is 10.7. The molecule has 0 radical (unpaired) electrons. The highest BCUT2D eigenvalue weighted by molar-refractivity contribution is 6.35. The van der Waals surface area contributed by atoms with Crippen molar-refractivity contribution in [3.05, 3.63) is 98.0 Å². The summed E-state index contributed by atoms with van der Waals surface area (Å²) >= 11 is 12.1. The number of ether oxygens (including phenoxy) is 1. The van der Waals surface area contributed by atoms with E-state index >= 15 is 0 Å². The minimum absolute atomic E-state index is 0. The predicted octanol–water partition coefficient (Wildman–Crippen LogP) is 6.10. The molecule has 0 unspecified atom stereocenters. The molecule has 2 N–H and O–H groups in total. The summed E-state index contributed by atoms with van der Waals surface area (Å²) in [6, 6.07) is 19.5. The van der Waals surface area contributed by atoms with Crippen LogP contribution in [0.1, 0.15) is 11.1 Å². The molecule has 0 heterocycles. The van der Waals surface area contributed by atoms with E-state index in [0.717, 1.165) is 22.6 Å². The van der Waals surface area contributed by atoms with Crippen molar-refractivity contribution in [2.75, 3.05) is 18.4 Å². The number of benzene rings is 3. The first-order chi connectivity index (χ1) is 14.5. The number of halogens is 3. The number of hydrogen-bond donors (Lipinski definition) is 2. The molecule has 164 valence electrons. The SMILES string of the molecule is Cl.O=[N+]([O-])c1ccc(NCCNCc2ccccc2OCc2ccc(Cl)cc2Cl)cc1. The first-order valence-corrected chi connectivity index (χ1v) is 10.1.